The molecule has 6 heteroatoms. The van der Waals surface area contributed by atoms with E-state index in [4.69, 9.17) is 9.84 Å². The maximum Gasteiger partial charge on any atom is 0.305 e. The molecule has 0 saturated carbocycles. The molecule has 0 bridgehead atoms. The van der Waals surface area contributed by atoms with Crippen LogP contribution in [0.15, 0.2) is 0 Å². The quantitative estimate of drug-likeness (QED) is 0.684. The van der Waals surface area contributed by atoms with Crippen LogP contribution in [0.25, 0.3) is 0 Å². The molecule has 2 N–H and O–H groups in total. The third-order valence-corrected chi connectivity index (χ3v) is 3.33. The van der Waals surface area contributed by atoms with E-state index in [0.29, 0.717) is 26.3 Å². The molecule has 2 atom stereocenters. The topological polar surface area (TPSA) is 78.9 Å². The van der Waals surface area contributed by atoms with Crippen LogP contribution in [0.4, 0.5) is 0 Å². The SMILES string of the molecule is O=C(O)CC1COCCN1C(=O)C1CCNC1. The van der Waals surface area contributed by atoms with Crippen molar-refractivity contribution in [2.24, 2.45) is 5.92 Å². The number of nitrogens with one attached hydrogen (secondary N) is 1. The summed E-state index contributed by atoms with van der Waals surface area (Å²) in [4.78, 5) is 24.7. The molecule has 96 valence electrons. The number of ether oxygens (including phenoxy) is 1. The fraction of sp³-hybridized carbons (Fsp3) is 0.818. The zero-order chi connectivity index (χ0) is 12.3. The number of rotatable bonds is 3. The molecule has 6 nitrogen and oxygen atoms in total. The fourth-order valence-electron chi connectivity index (χ4n) is 2.42. The Labute approximate surface area is 99.9 Å². The van der Waals surface area contributed by atoms with E-state index in [0.717, 1.165) is 13.0 Å². The summed E-state index contributed by atoms with van der Waals surface area (Å²) < 4.78 is 5.25. The van der Waals surface area contributed by atoms with Gasteiger partial charge < -0.3 is 20.1 Å². The van der Waals surface area contributed by atoms with Gasteiger partial charge in [-0.05, 0) is 13.0 Å². The van der Waals surface area contributed by atoms with E-state index in [1.165, 1.54) is 0 Å². The minimum Gasteiger partial charge on any atom is -0.481 e. The second kappa shape index (κ2) is 5.46. The minimum atomic E-state index is -0.886. The second-order valence-corrected chi connectivity index (χ2v) is 4.55. The first-order valence-electron chi connectivity index (χ1n) is 5.99. The molecule has 0 spiro atoms. The number of carbonyl (C=O) groups excluding carboxylic acids is 1. The molecule has 1 amide bonds. The molecule has 2 heterocycles. The average Bonchev–Trinajstić information content (AvgIpc) is 2.81. The predicted molar refractivity (Wildman–Crippen MR) is 59.5 cm³/mol. The zero-order valence-electron chi connectivity index (χ0n) is 9.72. The Hall–Kier alpha value is -1.14. The molecule has 2 fully saturated rings. The summed E-state index contributed by atoms with van der Waals surface area (Å²) in [6.45, 7) is 2.91. The number of hydrogen-bond donors (Lipinski definition) is 2. The lowest BCUT2D eigenvalue weighted by molar-refractivity contribution is -0.148. The van der Waals surface area contributed by atoms with Gasteiger partial charge in [0, 0.05) is 13.1 Å². The number of nitrogens with zero attached hydrogens (tertiary/aromatic N) is 1. The molecular weight excluding hydrogens is 224 g/mol. The molecule has 2 aliphatic rings. The van der Waals surface area contributed by atoms with Gasteiger partial charge in [0.25, 0.3) is 0 Å². The first-order valence-corrected chi connectivity index (χ1v) is 5.99. The number of carboxylic acid groups (broad SMARTS) is 1. The van der Waals surface area contributed by atoms with Crippen molar-refractivity contribution in [3.8, 4) is 0 Å². The van der Waals surface area contributed by atoms with Crippen LogP contribution < -0.4 is 5.32 Å². The van der Waals surface area contributed by atoms with Gasteiger partial charge in [-0.25, -0.2) is 0 Å². The minimum absolute atomic E-state index is 0.00407. The number of hydrogen-bond acceptors (Lipinski definition) is 4. The number of carboxylic acids is 1. The van der Waals surface area contributed by atoms with E-state index in [1.54, 1.807) is 4.90 Å². The van der Waals surface area contributed by atoms with E-state index in [1.807, 2.05) is 0 Å². The smallest absolute Gasteiger partial charge is 0.305 e. The Balaban J connectivity index is 1.99. The lowest BCUT2D eigenvalue weighted by Crippen LogP contribution is -2.51. The molecule has 0 aromatic heterocycles. The highest BCUT2D eigenvalue weighted by Gasteiger charge is 2.34. The number of morpholine rings is 1. The van der Waals surface area contributed by atoms with Crippen LogP contribution in [0.2, 0.25) is 0 Å². The lowest BCUT2D eigenvalue weighted by atomic mass is 10.0. The standard InChI is InChI=1S/C11H18N2O4/c14-10(15)5-9-7-17-4-3-13(9)11(16)8-1-2-12-6-8/h8-9,12H,1-7H2,(H,14,15). The van der Waals surface area contributed by atoms with Crippen molar-refractivity contribution in [3.63, 3.8) is 0 Å². The van der Waals surface area contributed by atoms with Gasteiger partial charge in [0.2, 0.25) is 5.91 Å². The summed E-state index contributed by atoms with van der Waals surface area (Å²) in [5, 5.41) is 12.0. The first kappa shape index (κ1) is 12.3. The number of amides is 1. The molecule has 2 unspecified atom stereocenters. The van der Waals surface area contributed by atoms with Crippen LogP contribution in [-0.4, -0.2) is 60.8 Å². The van der Waals surface area contributed by atoms with Gasteiger partial charge in [-0.1, -0.05) is 0 Å². The Morgan fingerprint density at radius 3 is 2.94 bits per heavy atom. The summed E-state index contributed by atoms with van der Waals surface area (Å²) in [7, 11) is 0. The molecule has 0 aliphatic carbocycles. The normalized spacial score (nSPS) is 29.3. The van der Waals surface area contributed by atoms with Gasteiger partial charge in [-0.2, -0.15) is 0 Å². The van der Waals surface area contributed by atoms with Crippen molar-refractivity contribution in [1.29, 1.82) is 0 Å². The summed E-state index contributed by atoms with van der Waals surface area (Å²) in [6, 6.07) is -0.311. The largest absolute Gasteiger partial charge is 0.481 e. The highest BCUT2D eigenvalue weighted by molar-refractivity contribution is 5.80. The van der Waals surface area contributed by atoms with E-state index in [-0.39, 0.29) is 24.3 Å². The third kappa shape index (κ3) is 2.95. The molecular formula is C11H18N2O4. The van der Waals surface area contributed by atoms with E-state index in [2.05, 4.69) is 5.32 Å². The Morgan fingerprint density at radius 2 is 2.29 bits per heavy atom. The summed E-state index contributed by atoms with van der Waals surface area (Å²) >= 11 is 0. The summed E-state index contributed by atoms with van der Waals surface area (Å²) in [6.07, 6.45) is 0.807. The lowest BCUT2D eigenvalue weighted by Gasteiger charge is -2.36. The Kier molecular flexibility index (Phi) is 3.96. The van der Waals surface area contributed by atoms with Gasteiger partial charge in [-0.3, -0.25) is 9.59 Å². The fourth-order valence-corrected chi connectivity index (χ4v) is 2.42. The first-order chi connectivity index (χ1) is 8.18. The van der Waals surface area contributed by atoms with Gasteiger partial charge >= 0.3 is 5.97 Å². The predicted octanol–water partition coefficient (Wildman–Crippen LogP) is -0.702. The van der Waals surface area contributed by atoms with Crippen molar-refractivity contribution >= 4 is 11.9 Å². The van der Waals surface area contributed by atoms with Crippen LogP contribution in [0.1, 0.15) is 12.8 Å². The molecule has 17 heavy (non-hydrogen) atoms. The van der Waals surface area contributed by atoms with Crippen LogP contribution in [-0.2, 0) is 14.3 Å². The number of aliphatic carboxylic acids is 1. The summed E-state index contributed by atoms with van der Waals surface area (Å²) in [5.41, 5.74) is 0. The maximum absolute atomic E-state index is 12.2. The molecule has 0 aromatic carbocycles. The molecule has 2 saturated heterocycles. The van der Waals surface area contributed by atoms with E-state index in [9.17, 15) is 9.59 Å². The number of carbonyl (C=O) groups is 2. The van der Waals surface area contributed by atoms with Crippen molar-refractivity contribution in [1.82, 2.24) is 10.2 Å². The highest BCUT2D eigenvalue weighted by atomic mass is 16.5. The third-order valence-electron chi connectivity index (χ3n) is 3.33. The Morgan fingerprint density at radius 1 is 1.47 bits per heavy atom. The highest BCUT2D eigenvalue weighted by Crippen LogP contribution is 2.18. The Bertz CT molecular complexity index is 302. The monoisotopic (exact) mass is 242 g/mol. The van der Waals surface area contributed by atoms with E-state index < -0.39 is 5.97 Å². The summed E-state index contributed by atoms with van der Waals surface area (Å²) in [5.74, 6) is -0.809. The van der Waals surface area contributed by atoms with Crippen molar-refractivity contribution in [2.45, 2.75) is 18.9 Å². The van der Waals surface area contributed by atoms with Crippen LogP contribution >= 0.6 is 0 Å². The van der Waals surface area contributed by atoms with Gasteiger partial charge in [0.1, 0.15) is 0 Å². The van der Waals surface area contributed by atoms with Gasteiger partial charge in [0.15, 0.2) is 0 Å². The van der Waals surface area contributed by atoms with Crippen molar-refractivity contribution in [2.75, 3.05) is 32.8 Å². The molecule has 0 aromatic rings. The molecule has 2 rings (SSSR count). The van der Waals surface area contributed by atoms with E-state index >= 15 is 0 Å². The average molecular weight is 242 g/mol. The second-order valence-electron chi connectivity index (χ2n) is 4.55. The van der Waals surface area contributed by atoms with Gasteiger partial charge in [-0.15, -0.1) is 0 Å². The molecule has 2 aliphatic heterocycles. The van der Waals surface area contributed by atoms with Crippen LogP contribution in [0, 0.1) is 5.92 Å². The van der Waals surface area contributed by atoms with Crippen LogP contribution in [0.5, 0.6) is 0 Å². The van der Waals surface area contributed by atoms with Crippen molar-refractivity contribution < 1.29 is 19.4 Å². The zero-order valence-corrected chi connectivity index (χ0v) is 9.72. The van der Waals surface area contributed by atoms with Gasteiger partial charge in [0.05, 0.1) is 31.6 Å². The van der Waals surface area contributed by atoms with Crippen molar-refractivity contribution in [3.05, 3.63) is 0 Å². The maximum atomic E-state index is 12.2. The van der Waals surface area contributed by atoms with Crippen LogP contribution in [0.3, 0.4) is 0 Å². The molecule has 0 radical (unpaired) electrons.